The maximum Gasteiger partial charge on any atom is 0.323 e. The van der Waals surface area contributed by atoms with Crippen molar-refractivity contribution in [3.63, 3.8) is 0 Å². The summed E-state index contributed by atoms with van der Waals surface area (Å²) in [6, 6.07) is 3.97. The van der Waals surface area contributed by atoms with Gasteiger partial charge in [-0.05, 0) is 6.07 Å². The Bertz CT molecular complexity index is 372. The normalized spacial score (nSPS) is 12.1. The fraction of sp³-hybridized carbons (Fsp3) is 0.333. The van der Waals surface area contributed by atoms with Crippen molar-refractivity contribution >= 4 is 5.97 Å². The quantitative estimate of drug-likeness (QED) is 0.633. The summed E-state index contributed by atoms with van der Waals surface area (Å²) in [7, 11) is 1.27. The van der Waals surface area contributed by atoms with Crippen LogP contribution >= 0.6 is 0 Å². The minimum Gasteiger partial charge on any atom is -0.468 e. The molecule has 0 aliphatic heterocycles. The summed E-state index contributed by atoms with van der Waals surface area (Å²) >= 11 is 0. The lowest BCUT2D eigenvalue weighted by Crippen LogP contribution is -2.34. The zero-order valence-corrected chi connectivity index (χ0v) is 7.82. The van der Waals surface area contributed by atoms with Crippen LogP contribution in [0.5, 0.6) is 0 Å². The lowest BCUT2D eigenvalue weighted by molar-refractivity contribution is -0.142. The molecule has 0 bridgehead atoms. The number of aromatic amines is 1. The maximum atomic E-state index is 11.0. The first-order chi connectivity index (χ1) is 6.63. The number of H-pyrrole nitrogens is 1. The van der Waals surface area contributed by atoms with Gasteiger partial charge in [0.1, 0.15) is 6.04 Å². The van der Waals surface area contributed by atoms with Crippen LogP contribution in [0, 0.1) is 0 Å². The minimum atomic E-state index is -0.738. The van der Waals surface area contributed by atoms with E-state index in [1.807, 2.05) is 0 Å². The van der Waals surface area contributed by atoms with Crippen molar-refractivity contribution in [3.8, 4) is 0 Å². The molecule has 0 saturated carbocycles. The number of rotatable bonds is 3. The number of pyridine rings is 1. The molecule has 0 spiro atoms. The van der Waals surface area contributed by atoms with Crippen LogP contribution in [0.15, 0.2) is 23.0 Å². The second-order valence-corrected chi connectivity index (χ2v) is 2.87. The Morgan fingerprint density at radius 3 is 2.93 bits per heavy atom. The van der Waals surface area contributed by atoms with Crippen molar-refractivity contribution in [1.29, 1.82) is 0 Å². The van der Waals surface area contributed by atoms with E-state index in [2.05, 4.69) is 9.72 Å². The molecule has 0 radical (unpaired) electrons. The van der Waals surface area contributed by atoms with Crippen LogP contribution in [-0.2, 0) is 16.0 Å². The van der Waals surface area contributed by atoms with E-state index in [9.17, 15) is 9.59 Å². The molecule has 0 aromatic carbocycles. The van der Waals surface area contributed by atoms with Crippen LogP contribution in [0.4, 0.5) is 0 Å². The first-order valence-electron chi connectivity index (χ1n) is 4.15. The molecular formula is C9H12N2O3. The predicted octanol–water partition coefficient (Wildman–Crippen LogP) is -0.582. The first-order valence-corrected chi connectivity index (χ1v) is 4.15. The fourth-order valence-corrected chi connectivity index (χ4v) is 1.08. The van der Waals surface area contributed by atoms with Crippen molar-refractivity contribution < 1.29 is 9.53 Å². The van der Waals surface area contributed by atoms with Crippen LogP contribution < -0.4 is 11.3 Å². The topological polar surface area (TPSA) is 85.2 Å². The van der Waals surface area contributed by atoms with Crippen molar-refractivity contribution in [2.75, 3.05) is 7.11 Å². The number of esters is 1. The largest absolute Gasteiger partial charge is 0.468 e. The molecule has 5 heteroatoms. The van der Waals surface area contributed by atoms with Crippen LogP contribution in [0.25, 0.3) is 0 Å². The van der Waals surface area contributed by atoms with Gasteiger partial charge in [-0.2, -0.15) is 0 Å². The van der Waals surface area contributed by atoms with E-state index in [-0.39, 0.29) is 12.0 Å². The minimum absolute atomic E-state index is 0.209. The molecule has 5 nitrogen and oxygen atoms in total. The highest BCUT2D eigenvalue weighted by Gasteiger charge is 2.14. The van der Waals surface area contributed by atoms with Crippen molar-refractivity contribution in [2.24, 2.45) is 5.73 Å². The smallest absolute Gasteiger partial charge is 0.323 e. The van der Waals surface area contributed by atoms with Gasteiger partial charge in [0, 0.05) is 18.2 Å². The number of nitrogens with one attached hydrogen (secondary N) is 1. The summed E-state index contributed by atoms with van der Waals surface area (Å²) in [6.07, 6.45) is 0.267. The molecule has 76 valence electrons. The Kier molecular flexibility index (Phi) is 3.41. The van der Waals surface area contributed by atoms with Crippen LogP contribution in [0.3, 0.4) is 0 Å². The first kappa shape index (κ1) is 10.5. The average molecular weight is 196 g/mol. The third kappa shape index (κ3) is 2.70. The number of methoxy groups -OCH3 is 1. The van der Waals surface area contributed by atoms with Crippen LogP contribution in [-0.4, -0.2) is 24.1 Å². The van der Waals surface area contributed by atoms with Gasteiger partial charge in [-0.25, -0.2) is 0 Å². The van der Waals surface area contributed by atoms with Crippen molar-refractivity contribution in [2.45, 2.75) is 12.5 Å². The average Bonchev–Trinajstić information content (AvgIpc) is 2.16. The molecule has 0 amide bonds. The van der Waals surface area contributed by atoms with Crippen molar-refractivity contribution in [1.82, 2.24) is 4.98 Å². The van der Waals surface area contributed by atoms with Crippen LogP contribution in [0.2, 0.25) is 0 Å². The lowest BCUT2D eigenvalue weighted by Gasteiger charge is -2.08. The number of hydrogen-bond donors (Lipinski definition) is 2. The third-order valence-electron chi connectivity index (χ3n) is 1.77. The molecule has 1 atom stereocenters. The SMILES string of the molecule is COC(=O)C(N)Cc1cccc(=O)[nH]1. The predicted molar refractivity (Wildman–Crippen MR) is 50.8 cm³/mol. The standard InChI is InChI=1S/C9H12N2O3/c1-14-9(13)7(10)5-6-3-2-4-8(12)11-6/h2-4,7H,5,10H2,1H3,(H,11,12). The second kappa shape index (κ2) is 4.57. The van der Waals surface area contributed by atoms with E-state index in [0.29, 0.717) is 5.69 Å². The molecule has 1 aromatic rings. The Hall–Kier alpha value is -1.62. The number of carbonyl (C=O) groups is 1. The molecule has 3 N–H and O–H groups in total. The van der Waals surface area contributed by atoms with Crippen molar-refractivity contribution in [3.05, 3.63) is 34.2 Å². The molecule has 1 unspecified atom stereocenters. The molecule has 0 fully saturated rings. The van der Waals surface area contributed by atoms with Gasteiger partial charge >= 0.3 is 5.97 Å². The summed E-state index contributed by atoms with van der Waals surface area (Å²) in [6.45, 7) is 0. The van der Waals surface area contributed by atoms with E-state index in [0.717, 1.165) is 0 Å². The monoisotopic (exact) mass is 196 g/mol. The summed E-state index contributed by atoms with van der Waals surface area (Å²) in [5.41, 5.74) is 5.93. The maximum absolute atomic E-state index is 11.0. The van der Waals surface area contributed by atoms with E-state index in [1.165, 1.54) is 13.2 Å². The van der Waals surface area contributed by atoms with Gasteiger partial charge in [-0.15, -0.1) is 0 Å². The van der Waals surface area contributed by atoms with Crippen LogP contribution in [0.1, 0.15) is 5.69 Å². The van der Waals surface area contributed by atoms with E-state index in [1.54, 1.807) is 12.1 Å². The Morgan fingerprint density at radius 2 is 2.36 bits per heavy atom. The van der Waals surface area contributed by atoms with Gasteiger partial charge in [-0.1, -0.05) is 6.07 Å². The molecular weight excluding hydrogens is 184 g/mol. The molecule has 1 aromatic heterocycles. The molecule has 14 heavy (non-hydrogen) atoms. The molecule has 0 aliphatic carbocycles. The van der Waals surface area contributed by atoms with Gasteiger partial charge in [0.15, 0.2) is 0 Å². The number of aromatic nitrogens is 1. The van der Waals surface area contributed by atoms with Gasteiger partial charge in [0.05, 0.1) is 7.11 Å². The second-order valence-electron chi connectivity index (χ2n) is 2.87. The fourth-order valence-electron chi connectivity index (χ4n) is 1.08. The summed E-state index contributed by atoms with van der Waals surface area (Å²) in [5.74, 6) is -0.491. The lowest BCUT2D eigenvalue weighted by atomic mass is 10.1. The Balaban J connectivity index is 2.69. The molecule has 0 aliphatic rings. The van der Waals surface area contributed by atoms with Gasteiger partial charge in [0.25, 0.3) is 0 Å². The summed E-state index contributed by atoms with van der Waals surface area (Å²) in [4.78, 5) is 24.4. The zero-order chi connectivity index (χ0) is 10.6. The van der Waals surface area contributed by atoms with Gasteiger partial charge in [0.2, 0.25) is 5.56 Å². The highest BCUT2D eigenvalue weighted by atomic mass is 16.5. The number of carbonyl (C=O) groups excluding carboxylic acids is 1. The number of nitrogens with two attached hydrogens (primary N) is 1. The Labute approximate surface area is 80.9 Å². The third-order valence-corrected chi connectivity index (χ3v) is 1.77. The summed E-state index contributed by atoms with van der Waals surface area (Å²) < 4.78 is 4.46. The van der Waals surface area contributed by atoms with Gasteiger partial charge in [-0.3, -0.25) is 9.59 Å². The summed E-state index contributed by atoms with van der Waals surface area (Å²) in [5, 5.41) is 0. The molecule has 1 rings (SSSR count). The zero-order valence-electron chi connectivity index (χ0n) is 7.82. The van der Waals surface area contributed by atoms with E-state index in [4.69, 9.17) is 5.73 Å². The highest BCUT2D eigenvalue weighted by molar-refractivity contribution is 5.75. The van der Waals surface area contributed by atoms with E-state index < -0.39 is 12.0 Å². The number of ether oxygens (including phenoxy) is 1. The molecule has 0 saturated heterocycles. The highest BCUT2D eigenvalue weighted by Crippen LogP contribution is 1.96. The van der Waals surface area contributed by atoms with Gasteiger partial charge < -0.3 is 15.5 Å². The Morgan fingerprint density at radius 1 is 1.64 bits per heavy atom. The molecule has 1 heterocycles. The van der Waals surface area contributed by atoms with E-state index >= 15 is 0 Å². The number of hydrogen-bond acceptors (Lipinski definition) is 4.